The number of aryl methyl sites for hydroxylation is 1. The van der Waals surface area contributed by atoms with Crippen LogP contribution in [0.4, 0.5) is 5.69 Å². The number of likely N-dealkylation sites (N-methyl/N-ethyl adjacent to an activating group) is 1. The van der Waals surface area contributed by atoms with Crippen molar-refractivity contribution in [2.75, 3.05) is 25.2 Å². The highest BCUT2D eigenvalue weighted by Crippen LogP contribution is 2.36. The Morgan fingerprint density at radius 3 is 2.69 bits per heavy atom. The first kappa shape index (κ1) is 18.8. The van der Waals surface area contributed by atoms with Crippen LogP contribution in [0.2, 0.25) is 5.02 Å². The molecule has 4 nitrogen and oxygen atoms in total. The first-order valence-electron chi connectivity index (χ1n) is 8.37. The van der Waals surface area contributed by atoms with Gasteiger partial charge in [-0.25, -0.2) is 0 Å². The van der Waals surface area contributed by atoms with Gasteiger partial charge in [0.1, 0.15) is 5.92 Å². The van der Waals surface area contributed by atoms with Crippen LogP contribution >= 0.6 is 23.4 Å². The van der Waals surface area contributed by atoms with E-state index >= 15 is 0 Å². The standard InChI is InChI=1S/C20H21ClN2O2S/c1-12-8-9-13(10-15(12)21)14-11-23(2)20(25)18(14)19(24)22-16-6-4-5-7-17(16)26-3/h4-10,14,18H,11H2,1-3H3,(H,22,24)/t14-,18+/m1/s1. The molecule has 0 unspecified atom stereocenters. The van der Waals surface area contributed by atoms with E-state index in [9.17, 15) is 9.59 Å². The van der Waals surface area contributed by atoms with E-state index < -0.39 is 5.92 Å². The van der Waals surface area contributed by atoms with Gasteiger partial charge >= 0.3 is 0 Å². The van der Waals surface area contributed by atoms with Crippen LogP contribution < -0.4 is 5.32 Å². The molecule has 0 saturated carbocycles. The number of thioether (sulfide) groups is 1. The van der Waals surface area contributed by atoms with Gasteiger partial charge < -0.3 is 10.2 Å². The van der Waals surface area contributed by atoms with Gasteiger partial charge in [-0.3, -0.25) is 9.59 Å². The molecule has 2 amide bonds. The summed E-state index contributed by atoms with van der Waals surface area (Å²) in [6.07, 6.45) is 1.95. The number of hydrogen-bond donors (Lipinski definition) is 1. The van der Waals surface area contributed by atoms with E-state index in [4.69, 9.17) is 11.6 Å². The molecule has 0 aromatic heterocycles. The Kier molecular flexibility index (Phi) is 5.58. The number of halogens is 1. The van der Waals surface area contributed by atoms with Gasteiger partial charge in [0.15, 0.2) is 0 Å². The molecule has 1 aliphatic rings. The molecule has 0 spiro atoms. The lowest BCUT2D eigenvalue weighted by molar-refractivity contribution is -0.135. The summed E-state index contributed by atoms with van der Waals surface area (Å²) in [6.45, 7) is 2.43. The van der Waals surface area contributed by atoms with Crippen molar-refractivity contribution in [2.45, 2.75) is 17.7 Å². The predicted molar refractivity (Wildman–Crippen MR) is 107 cm³/mol. The molecular weight excluding hydrogens is 368 g/mol. The van der Waals surface area contributed by atoms with Gasteiger partial charge in [-0.15, -0.1) is 11.8 Å². The number of carbonyl (C=O) groups excluding carboxylic acids is 2. The van der Waals surface area contributed by atoms with Gasteiger partial charge in [-0.2, -0.15) is 0 Å². The van der Waals surface area contributed by atoms with Gasteiger partial charge in [0.2, 0.25) is 11.8 Å². The summed E-state index contributed by atoms with van der Waals surface area (Å²) in [5.74, 6) is -1.41. The zero-order valence-electron chi connectivity index (χ0n) is 15.0. The summed E-state index contributed by atoms with van der Waals surface area (Å²) in [7, 11) is 1.73. The number of benzene rings is 2. The predicted octanol–water partition coefficient (Wildman–Crippen LogP) is 4.18. The largest absolute Gasteiger partial charge is 0.344 e. The van der Waals surface area contributed by atoms with Crippen molar-refractivity contribution in [3.63, 3.8) is 0 Å². The summed E-state index contributed by atoms with van der Waals surface area (Å²) in [5.41, 5.74) is 2.62. The lowest BCUT2D eigenvalue weighted by atomic mass is 9.87. The number of hydrogen-bond acceptors (Lipinski definition) is 3. The second-order valence-corrected chi connectivity index (χ2v) is 7.76. The SMILES string of the molecule is CSc1ccccc1NC(=O)[C@H]1C(=O)N(C)C[C@@H]1c1ccc(C)c(Cl)c1. The lowest BCUT2D eigenvalue weighted by Gasteiger charge is -2.18. The van der Waals surface area contributed by atoms with Crippen LogP contribution in [0.5, 0.6) is 0 Å². The second kappa shape index (κ2) is 7.72. The molecule has 0 radical (unpaired) electrons. The molecule has 6 heteroatoms. The maximum Gasteiger partial charge on any atom is 0.237 e. The number of anilines is 1. The van der Waals surface area contributed by atoms with Gasteiger partial charge in [0.05, 0.1) is 5.69 Å². The van der Waals surface area contributed by atoms with Crippen LogP contribution in [-0.2, 0) is 9.59 Å². The first-order valence-corrected chi connectivity index (χ1v) is 9.97. The molecule has 1 N–H and O–H groups in total. The van der Waals surface area contributed by atoms with Crippen molar-refractivity contribution in [3.8, 4) is 0 Å². The third-order valence-corrected chi connectivity index (χ3v) is 5.99. The summed E-state index contributed by atoms with van der Waals surface area (Å²) in [6, 6.07) is 13.3. The Morgan fingerprint density at radius 1 is 1.27 bits per heavy atom. The third-order valence-electron chi connectivity index (χ3n) is 4.79. The molecule has 1 saturated heterocycles. The molecule has 1 aliphatic heterocycles. The smallest absolute Gasteiger partial charge is 0.237 e. The van der Waals surface area contributed by atoms with Crippen LogP contribution in [-0.4, -0.2) is 36.6 Å². The fourth-order valence-electron chi connectivity index (χ4n) is 3.29. The monoisotopic (exact) mass is 388 g/mol. The normalized spacial score (nSPS) is 19.7. The highest BCUT2D eigenvalue weighted by molar-refractivity contribution is 7.98. The van der Waals surface area contributed by atoms with E-state index in [-0.39, 0.29) is 17.7 Å². The van der Waals surface area contributed by atoms with Gasteiger partial charge in [-0.1, -0.05) is 35.9 Å². The zero-order chi connectivity index (χ0) is 18.8. The van der Waals surface area contributed by atoms with Gasteiger partial charge in [0, 0.05) is 29.4 Å². The molecule has 1 heterocycles. The summed E-state index contributed by atoms with van der Waals surface area (Å²) < 4.78 is 0. The fraction of sp³-hybridized carbons (Fsp3) is 0.300. The Hall–Kier alpha value is -1.98. The Morgan fingerprint density at radius 2 is 2.00 bits per heavy atom. The van der Waals surface area contributed by atoms with E-state index in [1.165, 1.54) is 0 Å². The minimum atomic E-state index is -0.756. The molecule has 1 fully saturated rings. The Balaban J connectivity index is 1.90. The number of nitrogens with one attached hydrogen (secondary N) is 1. The van der Waals surface area contributed by atoms with Crippen molar-refractivity contribution in [1.82, 2.24) is 4.90 Å². The van der Waals surface area contributed by atoms with Crippen molar-refractivity contribution >= 4 is 40.9 Å². The maximum atomic E-state index is 13.0. The second-order valence-electron chi connectivity index (χ2n) is 6.50. The summed E-state index contributed by atoms with van der Waals surface area (Å²) in [4.78, 5) is 28.2. The number of rotatable bonds is 4. The Labute approximate surface area is 162 Å². The van der Waals surface area contributed by atoms with E-state index in [2.05, 4.69) is 5.32 Å². The summed E-state index contributed by atoms with van der Waals surface area (Å²) >= 11 is 7.81. The van der Waals surface area contributed by atoms with E-state index in [0.717, 1.165) is 21.7 Å². The van der Waals surface area contributed by atoms with Crippen LogP contribution in [0.1, 0.15) is 17.0 Å². The van der Waals surface area contributed by atoms with Crippen molar-refractivity contribution < 1.29 is 9.59 Å². The molecule has 136 valence electrons. The van der Waals surface area contributed by atoms with E-state index in [1.54, 1.807) is 23.7 Å². The van der Waals surface area contributed by atoms with Gasteiger partial charge in [-0.05, 0) is 42.5 Å². The number of nitrogens with zero attached hydrogens (tertiary/aromatic N) is 1. The van der Waals surface area contributed by atoms with Gasteiger partial charge in [0.25, 0.3) is 0 Å². The van der Waals surface area contributed by atoms with Crippen molar-refractivity contribution in [3.05, 3.63) is 58.6 Å². The van der Waals surface area contributed by atoms with E-state index in [0.29, 0.717) is 11.6 Å². The van der Waals surface area contributed by atoms with Crippen LogP contribution in [0, 0.1) is 12.8 Å². The maximum absolute atomic E-state index is 13.0. The number of carbonyl (C=O) groups is 2. The fourth-order valence-corrected chi connectivity index (χ4v) is 4.03. The zero-order valence-corrected chi connectivity index (χ0v) is 16.5. The van der Waals surface area contributed by atoms with Crippen LogP contribution in [0.15, 0.2) is 47.4 Å². The molecule has 26 heavy (non-hydrogen) atoms. The molecule has 3 rings (SSSR count). The molecular formula is C20H21ClN2O2S. The average Bonchev–Trinajstić information content (AvgIpc) is 2.93. The van der Waals surface area contributed by atoms with Crippen LogP contribution in [0.25, 0.3) is 0 Å². The lowest BCUT2D eigenvalue weighted by Crippen LogP contribution is -2.32. The molecule has 0 bridgehead atoms. The average molecular weight is 389 g/mol. The molecule has 2 aromatic rings. The van der Waals surface area contributed by atoms with Crippen molar-refractivity contribution in [2.24, 2.45) is 5.92 Å². The minimum Gasteiger partial charge on any atom is -0.344 e. The molecule has 2 atom stereocenters. The molecule has 0 aliphatic carbocycles. The number of likely N-dealkylation sites (tertiary alicyclic amines) is 1. The minimum absolute atomic E-state index is 0.161. The molecule has 2 aromatic carbocycles. The first-order chi connectivity index (χ1) is 12.4. The van der Waals surface area contributed by atoms with E-state index in [1.807, 2.05) is 55.6 Å². The quantitative estimate of drug-likeness (QED) is 0.631. The topological polar surface area (TPSA) is 49.4 Å². The highest BCUT2D eigenvalue weighted by atomic mass is 35.5. The Bertz CT molecular complexity index is 855. The highest BCUT2D eigenvalue weighted by Gasteiger charge is 2.44. The summed E-state index contributed by atoms with van der Waals surface area (Å²) in [5, 5.41) is 3.59. The van der Waals surface area contributed by atoms with Crippen LogP contribution in [0.3, 0.4) is 0 Å². The third kappa shape index (κ3) is 3.60. The number of para-hydroxylation sites is 1. The van der Waals surface area contributed by atoms with Crippen molar-refractivity contribution in [1.29, 1.82) is 0 Å². The number of amides is 2.